The van der Waals surface area contributed by atoms with Crippen molar-refractivity contribution in [2.45, 2.75) is 12.8 Å². The zero-order valence-electron chi connectivity index (χ0n) is 10.8. The number of hydrogen-bond donors (Lipinski definition) is 1. The van der Waals surface area contributed by atoms with Crippen LogP contribution >= 0.6 is 0 Å². The molecule has 0 saturated heterocycles. The normalized spacial score (nSPS) is 14.5. The molecule has 1 N–H and O–H groups in total. The molecule has 0 fully saturated rings. The molecule has 0 spiro atoms. The summed E-state index contributed by atoms with van der Waals surface area (Å²) >= 11 is 0. The lowest BCUT2D eigenvalue weighted by molar-refractivity contribution is 0.415. The molecular weight excluding hydrogens is 238 g/mol. The Balaban J connectivity index is 2.19. The van der Waals surface area contributed by atoms with Crippen LogP contribution in [-0.2, 0) is 0 Å². The van der Waals surface area contributed by atoms with E-state index in [-0.39, 0.29) is 5.43 Å². The Labute approximate surface area is 111 Å². The second-order valence-corrected chi connectivity index (χ2v) is 4.60. The minimum Gasteiger partial charge on any atom is -0.497 e. The van der Waals surface area contributed by atoms with E-state index in [1.54, 1.807) is 25.3 Å². The Morgan fingerprint density at radius 2 is 2.11 bits per heavy atom. The zero-order chi connectivity index (χ0) is 13.2. The van der Waals surface area contributed by atoms with Crippen LogP contribution in [0.25, 0.3) is 16.5 Å². The zero-order valence-corrected chi connectivity index (χ0v) is 10.8. The van der Waals surface area contributed by atoms with Crippen LogP contribution in [0.4, 0.5) is 0 Å². The number of H-pyrrole nitrogens is 1. The van der Waals surface area contributed by atoms with Gasteiger partial charge in [0.2, 0.25) is 0 Å². The lowest BCUT2D eigenvalue weighted by Gasteiger charge is -2.09. The highest BCUT2D eigenvalue weighted by molar-refractivity contribution is 5.83. The first-order valence-electron chi connectivity index (χ1n) is 6.36. The van der Waals surface area contributed by atoms with Crippen LogP contribution in [0.5, 0.6) is 5.75 Å². The highest BCUT2D eigenvalue weighted by atomic mass is 16.5. The van der Waals surface area contributed by atoms with Crippen molar-refractivity contribution in [2.24, 2.45) is 0 Å². The molecule has 96 valence electrons. The third-order valence-corrected chi connectivity index (χ3v) is 3.34. The van der Waals surface area contributed by atoms with Crippen molar-refractivity contribution in [1.82, 2.24) is 4.98 Å². The number of aromatic amines is 1. The van der Waals surface area contributed by atoms with Gasteiger partial charge in [0, 0.05) is 23.2 Å². The largest absolute Gasteiger partial charge is 0.497 e. The molecule has 0 bridgehead atoms. The van der Waals surface area contributed by atoms with Crippen LogP contribution in [0.15, 0.2) is 47.3 Å². The number of benzene rings is 1. The first-order valence-corrected chi connectivity index (χ1v) is 6.36. The van der Waals surface area contributed by atoms with E-state index < -0.39 is 0 Å². The summed E-state index contributed by atoms with van der Waals surface area (Å²) in [6.07, 6.45) is 8.42. The quantitative estimate of drug-likeness (QED) is 0.892. The van der Waals surface area contributed by atoms with Crippen LogP contribution in [0.2, 0.25) is 0 Å². The topological polar surface area (TPSA) is 42.1 Å². The number of rotatable bonds is 2. The molecule has 1 aromatic carbocycles. The summed E-state index contributed by atoms with van der Waals surface area (Å²) in [5.41, 5.74) is 2.78. The number of pyridine rings is 1. The van der Waals surface area contributed by atoms with Crippen molar-refractivity contribution < 1.29 is 4.74 Å². The maximum absolute atomic E-state index is 12.1. The summed E-state index contributed by atoms with van der Waals surface area (Å²) < 4.78 is 5.20. The molecule has 1 aliphatic carbocycles. The number of nitrogens with one attached hydrogen (secondary N) is 1. The molecule has 0 aliphatic heterocycles. The van der Waals surface area contributed by atoms with E-state index >= 15 is 0 Å². The SMILES string of the molecule is COc1ccc2c(=O)cc(C3=CCCC=C3)[nH]c2c1. The van der Waals surface area contributed by atoms with Gasteiger partial charge in [0.25, 0.3) is 0 Å². The fourth-order valence-electron chi connectivity index (χ4n) is 2.33. The minimum absolute atomic E-state index is 0.0336. The van der Waals surface area contributed by atoms with Crippen molar-refractivity contribution in [3.63, 3.8) is 0 Å². The van der Waals surface area contributed by atoms with E-state index in [2.05, 4.69) is 23.2 Å². The van der Waals surface area contributed by atoms with Crippen LogP contribution in [-0.4, -0.2) is 12.1 Å². The molecule has 3 rings (SSSR count). The average Bonchev–Trinajstić information content (AvgIpc) is 2.47. The second kappa shape index (κ2) is 4.76. The lowest BCUT2D eigenvalue weighted by Crippen LogP contribution is -2.05. The highest BCUT2D eigenvalue weighted by Crippen LogP contribution is 2.22. The predicted octanol–water partition coefficient (Wildman–Crippen LogP) is 3.27. The molecule has 1 aliphatic rings. The fraction of sp³-hybridized carbons (Fsp3) is 0.188. The molecule has 0 radical (unpaired) electrons. The maximum atomic E-state index is 12.1. The van der Waals surface area contributed by atoms with Gasteiger partial charge in [-0.2, -0.15) is 0 Å². The minimum atomic E-state index is 0.0336. The third-order valence-electron chi connectivity index (χ3n) is 3.34. The molecule has 1 aromatic heterocycles. The van der Waals surface area contributed by atoms with Gasteiger partial charge < -0.3 is 9.72 Å². The van der Waals surface area contributed by atoms with Crippen LogP contribution in [0.1, 0.15) is 18.5 Å². The summed E-state index contributed by atoms with van der Waals surface area (Å²) in [6.45, 7) is 0. The number of allylic oxidation sites excluding steroid dienone is 4. The molecule has 1 heterocycles. The van der Waals surface area contributed by atoms with Gasteiger partial charge in [-0.3, -0.25) is 4.79 Å². The van der Waals surface area contributed by atoms with Crippen LogP contribution in [0, 0.1) is 0 Å². The van der Waals surface area contributed by atoms with Crippen molar-refractivity contribution in [3.8, 4) is 5.75 Å². The third kappa shape index (κ3) is 2.19. The molecule has 0 saturated carbocycles. The number of hydrogen-bond acceptors (Lipinski definition) is 2. The van der Waals surface area contributed by atoms with E-state index in [1.165, 1.54) is 0 Å². The summed E-state index contributed by atoms with van der Waals surface area (Å²) in [4.78, 5) is 15.4. The van der Waals surface area contributed by atoms with E-state index in [0.29, 0.717) is 5.39 Å². The summed E-state index contributed by atoms with van der Waals surface area (Å²) in [7, 11) is 1.62. The smallest absolute Gasteiger partial charge is 0.190 e. The van der Waals surface area contributed by atoms with Gasteiger partial charge >= 0.3 is 0 Å². The molecule has 0 unspecified atom stereocenters. The molecular formula is C16H15NO2. The Bertz CT molecular complexity index is 738. The molecule has 0 amide bonds. The summed E-state index contributed by atoms with van der Waals surface area (Å²) in [5.74, 6) is 0.744. The molecule has 19 heavy (non-hydrogen) atoms. The number of ether oxygens (including phenoxy) is 1. The van der Waals surface area contributed by atoms with E-state index in [1.807, 2.05) is 6.07 Å². The van der Waals surface area contributed by atoms with E-state index in [4.69, 9.17) is 4.74 Å². The highest BCUT2D eigenvalue weighted by Gasteiger charge is 2.07. The average molecular weight is 253 g/mol. The van der Waals surface area contributed by atoms with Gasteiger partial charge in [0.05, 0.1) is 12.6 Å². The fourth-order valence-corrected chi connectivity index (χ4v) is 2.33. The molecule has 3 nitrogen and oxygen atoms in total. The summed E-state index contributed by atoms with van der Waals surface area (Å²) in [5, 5.41) is 0.685. The first kappa shape index (κ1) is 11.8. The number of aromatic nitrogens is 1. The van der Waals surface area contributed by atoms with Gasteiger partial charge in [0.15, 0.2) is 5.43 Å². The Kier molecular flexibility index (Phi) is 2.95. The van der Waals surface area contributed by atoms with Crippen LogP contribution < -0.4 is 10.2 Å². The van der Waals surface area contributed by atoms with Crippen molar-refractivity contribution in [3.05, 3.63) is 58.4 Å². The number of fused-ring (bicyclic) bond motifs is 1. The van der Waals surface area contributed by atoms with E-state index in [9.17, 15) is 4.79 Å². The molecule has 0 atom stereocenters. The standard InChI is InChI=1S/C16H15NO2/c1-19-12-7-8-13-15(9-12)17-14(10-16(13)18)11-5-3-2-4-6-11/h3,5-10H,2,4H2,1H3,(H,17,18). The monoisotopic (exact) mass is 253 g/mol. The Hall–Kier alpha value is -2.29. The van der Waals surface area contributed by atoms with Gasteiger partial charge in [-0.05, 0) is 30.5 Å². The van der Waals surface area contributed by atoms with E-state index in [0.717, 1.165) is 35.4 Å². The second-order valence-electron chi connectivity index (χ2n) is 4.60. The van der Waals surface area contributed by atoms with Crippen molar-refractivity contribution in [1.29, 1.82) is 0 Å². The van der Waals surface area contributed by atoms with Crippen molar-refractivity contribution >= 4 is 16.5 Å². The molecule has 2 aromatic rings. The Morgan fingerprint density at radius 3 is 2.84 bits per heavy atom. The maximum Gasteiger partial charge on any atom is 0.190 e. The lowest BCUT2D eigenvalue weighted by atomic mass is 10.0. The Morgan fingerprint density at radius 1 is 1.21 bits per heavy atom. The van der Waals surface area contributed by atoms with Crippen molar-refractivity contribution in [2.75, 3.05) is 7.11 Å². The van der Waals surface area contributed by atoms with Gasteiger partial charge in [-0.25, -0.2) is 0 Å². The number of methoxy groups -OCH3 is 1. The van der Waals surface area contributed by atoms with Gasteiger partial charge in [-0.1, -0.05) is 18.2 Å². The predicted molar refractivity (Wildman–Crippen MR) is 77.5 cm³/mol. The van der Waals surface area contributed by atoms with Gasteiger partial charge in [-0.15, -0.1) is 0 Å². The first-order chi connectivity index (χ1) is 9.28. The summed E-state index contributed by atoms with van der Waals surface area (Å²) in [6, 6.07) is 7.11. The van der Waals surface area contributed by atoms with Gasteiger partial charge in [0.1, 0.15) is 5.75 Å². The van der Waals surface area contributed by atoms with Crippen LogP contribution in [0.3, 0.4) is 0 Å². The molecule has 3 heteroatoms.